The molecule has 1 aromatic carbocycles. The summed E-state index contributed by atoms with van der Waals surface area (Å²) in [6.45, 7) is 6.00. The van der Waals surface area contributed by atoms with E-state index in [2.05, 4.69) is 24.1 Å². The Morgan fingerprint density at radius 2 is 1.83 bits per heavy atom. The van der Waals surface area contributed by atoms with Gasteiger partial charge in [-0.15, -0.1) is 0 Å². The summed E-state index contributed by atoms with van der Waals surface area (Å²) >= 11 is 5.87. The smallest absolute Gasteiger partial charge is 0.253 e. The van der Waals surface area contributed by atoms with Crippen LogP contribution in [0.4, 0.5) is 0 Å². The molecule has 0 radical (unpaired) electrons. The molecule has 23 heavy (non-hydrogen) atoms. The second-order valence-corrected chi connectivity index (χ2v) is 6.99. The predicted molar refractivity (Wildman–Crippen MR) is 89.3 cm³/mol. The van der Waals surface area contributed by atoms with Crippen molar-refractivity contribution in [3.05, 3.63) is 34.9 Å². The lowest BCUT2D eigenvalue weighted by atomic mass is 9.85. The van der Waals surface area contributed by atoms with Crippen LogP contribution in [0, 0.1) is 0 Å². The SMILES string of the molecule is CC(C)N1CNC(=O)C12CCN(C(=O)c1ccc(Cl)cc1)CC2. The first-order chi connectivity index (χ1) is 10.9. The van der Waals surface area contributed by atoms with E-state index in [0.29, 0.717) is 49.2 Å². The lowest BCUT2D eigenvalue weighted by Gasteiger charge is -2.44. The zero-order valence-corrected chi connectivity index (χ0v) is 14.3. The summed E-state index contributed by atoms with van der Waals surface area (Å²) in [6.07, 6.45) is 1.35. The number of carbonyl (C=O) groups is 2. The van der Waals surface area contributed by atoms with Gasteiger partial charge in [0.25, 0.3) is 5.91 Å². The molecular formula is C17H22ClN3O2. The van der Waals surface area contributed by atoms with Crippen LogP contribution in [0.15, 0.2) is 24.3 Å². The van der Waals surface area contributed by atoms with Gasteiger partial charge in [0.15, 0.2) is 0 Å². The van der Waals surface area contributed by atoms with Crippen LogP contribution in [0.5, 0.6) is 0 Å². The van der Waals surface area contributed by atoms with Crippen molar-refractivity contribution in [3.8, 4) is 0 Å². The number of hydrogen-bond donors (Lipinski definition) is 1. The molecular weight excluding hydrogens is 314 g/mol. The van der Waals surface area contributed by atoms with Crippen molar-refractivity contribution < 1.29 is 9.59 Å². The highest BCUT2D eigenvalue weighted by Gasteiger charge is 2.51. The topological polar surface area (TPSA) is 52.7 Å². The molecule has 5 nitrogen and oxygen atoms in total. The van der Waals surface area contributed by atoms with Crippen molar-refractivity contribution in [1.29, 1.82) is 0 Å². The molecule has 2 fully saturated rings. The van der Waals surface area contributed by atoms with Crippen LogP contribution in [0.2, 0.25) is 5.02 Å². The average Bonchev–Trinajstić information content (AvgIpc) is 2.85. The summed E-state index contributed by atoms with van der Waals surface area (Å²) in [5, 5.41) is 3.58. The minimum absolute atomic E-state index is 0.00557. The van der Waals surface area contributed by atoms with Crippen LogP contribution < -0.4 is 5.32 Å². The number of nitrogens with one attached hydrogen (secondary N) is 1. The van der Waals surface area contributed by atoms with Gasteiger partial charge in [-0.1, -0.05) is 11.6 Å². The largest absolute Gasteiger partial charge is 0.342 e. The number of piperidine rings is 1. The summed E-state index contributed by atoms with van der Waals surface area (Å²) in [4.78, 5) is 29.0. The van der Waals surface area contributed by atoms with Gasteiger partial charge in [0.1, 0.15) is 5.54 Å². The predicted octanol–water partition coefficient (Wildman–Crippen LogP) is 2.11. The molecule has 2 heterocycles. The summed E-state index contributed by atoms with van der Waals surface area (Å²) in [5.74, 6) is 0.107. The molecule has 1 aromatic rings. The summed E-state index contributed by atoms with van der Waals surface area (Å²) in [5.41, 5.74) is 0.187. The molecule has 0 bridgehead atoms. The Morgan fingerprint density at radius 3 is 2.39 bits per heavy atom. The van der Waals surface area contributed by atoms with E-state index in [9.17, 15) is 9.59 Å². The molecule has 1 N–H and O–H groups in total. The number of likely N-dealkylation sites (tertiary alicyclic amines) is 1. The van der Waals surface area contributed by atoms with Crippen LogP contribution in [0.1, 0.15) is 37.0 Å². The number of carbonyl (C=O) groups excluding carboxylic acids is 2. The minimum atomic E-state index is -0.453. The zero-order chi connectivity index (χ0) is 16.6. The zero-order valence-electron chi connectivity index (χ0n) is 13.5. The van der Waals surface area contributed by atoms with Gasteiger partial charge >= 0.3 is 0 Å². The van der Waals surface area contributed by atoms with E-state index in [1.807, 2.05) is 4.90 Å². The Morgan fingerprint density at radius 1 is 1.22 bits per heavy atom. The van der Waals surface area contributed by atoms with Crippen LogP contribution in [0.25, 0.3) is 0 Å². The first kappa shape index (κ1) is 16.3. The fourth-order valence-electron chi connectivity index (χ4n) is 3.65. The highest BCUT2D eigenvalue weighted by molar-refractivity contribution is 6.30. The molecule has 2 aliphatic rings. The molecule has 2 amide bonds. The third-order valence-electron chi connectivity index (χ3n) is 4.97. The number of benzene rings is 1. The van der Waals surface area contributed by atoms with Gasteiger partial charge in [-0.05, 0) is 51.0 Å². The Balaban J connectivity index is 1.71. The molecule has 0 aliphatic carbocycles. The van der Waals surface area contributed by atoms with Gasteiger partial charge in [0.2, 0.25) is 5.91 Å². The van der Waals surface area contributed by atoms with Gasteiger partial charge in [-0.25, -0.2) is 0 Å². The number of nitrogens with zero attached hydrogens (tertiary/aromatic N) is 2. The van der Waals surface area contributed by atoms with Crippen molar-refractivity contribution in [2.24, 2.45) is 0 Å². The van der Waals surface area contributed by atoms with Crippen molar-refractivity contribution in [1.82, 2.24) is 15.1 Å². The normalized spacial score (nSPS) is 21.0. The molecule has 124 valence electrons. The van der Waals surface area contributed by atoms with Crippen LogP contribution >= 0.6 is 11.6 Å². The second kappa shape index (κ2) is 6.13. The third kappa shape index (κ3) is 2.83. The maximum Gasteiger partial charge on any atom is 0.253 e. The molecule has 1 spiro atoms. The second-order valence-electron chi connectivity index (χ2n) is 6.56. The first-order valence-electron chi connectivity index (χ1n) is 8.04. The van der Waals surface area contributed by atoms with Crippen molar-refractivity contribution in [2.75, 3.05) is 19.8 Å². The lowest BCUT2D eigenvalue weighted by molar-refractivity contribution is -0.129. The molecule has 0 unspecified atom stereocenters. The number of hydrogen-bond acceptors (Lipinski definition) is 3. The third-order valence-corrected chi connectivity index (χ3v) is 5.23. The molecule has 0 saturated carbocycles. The van der Waals surface area contributed by atoms with E-state index >= 15 is 0 Å². The van der Waals surface area contributed by atoms with E-state index in [-0.39, 0.29) is 11.8 Å². The van der Waals surface area contributed by atoms with Gasteiger partial charge in [-0.3, -0.25) is 14.5 Å². The van der Waals surface area contributed by atoms with E-state index in [1.165, 1.54) is 0 Å². The lowest BCUT2D eigenvalue weighted by Crippen LogP contribution is -2.58. The van der Waals surface area contributed by atoms with E-state index in [1.54, 1.807) is 24.3 Å². The van der Waals surface area contributed by atoms with Gasteiger partial charge < -0.3 is 10.2 Å². The highest BCUT2D eigenvalue weighted by Crippen LogP contribution is 2.34. The number of halogens is 1. The summed E-state index contributed by atoms with van der Waals surface area (Å²) < 4.78 is 0. The molecule has 0 aromatic heterocycles. The number of amides is 2. The van der Waals surface area contributed by atoms with Crippen LogP contribution in [-0.4, -0.2) is 53.0 Å². The molecule has 6 heteroatoms. The first-order valence-corrected chi connectivity index (χ1v) is 8.42. The van der Waals surface area contributed by atoms with Gasteiger partial charge in [0, 0.05) is 29.7 Å². The highest BCUT2D eigenvalue weighted by atomic mass is 35.5. The minimum Gasteiger partial charge on any atom is -0.342 e. The monoisotopic (exact) mass is 335 g/mol. The maximum atomic E-state index is 12.6. The standard InChI is InChI=1S/C17H22ClN3O2/c1-12(2)21-11-19-16(23)17(21)7-9-20(10-8-17)15(22)13-3-5-14(18)6-4-13/h3-6,12H,7-11H2,1-2H3,(H,19,23). The maximum absolute atomic E-state index is 12.6. The fourth-order valence-corrected chi connectivity index (χ4v) is 3.78. The Labute approximate surface area is 141 Å². The molecule has 2 aliphatic heterocycles. The van der Waals surface area contributed by atoms with Crippen LogP contribution in [0.3, 0.4) is 0 Å². The Kier molecular flexibility index (Phi) is 4.34. The quantitative estimate of drug-likeness (QED) is 0.900. The average molecular weight is 336 g/mol. The van der Waals surface area contributed by atoms with Crippen molar-refractivity contribution >= 4 is 23.4 Å². The summed E-state index contributed by atoms with van der Waals surface area (Å²) in [7, 11) is 0. The Bertz CT molecular complexity index is 607. The van der Waals surface area contributed by atoms with E-state index in [4.69, 9.17) is 11.6 Å². The fraction of sp³-hybridized carbons (Fsp3) is 0.529. The van der Waals surface area contributed by atoms with E-state index in [0.717, 1.165) is 0 Å². The van der Waals surface area contributed by atoms with Gasteiger partial charge in [0.05, 0.1) is 6.67 Å². The molecule has 0 atom stereocenters. The van der Waals surface area contributed by atoms with Crippen LogP contribution in [-0.2, 0) is 4.79 Å². The van der Waals surface area contributed by atoms with E-state index < -0.39 is 5.54 Å². The van der Waals surface area contributed by atoms with Gasteiger partial charge in [-0.2, -0.15) is 0 Å². The van der Waals surface area contributed by atoms with Crippen molar-refractivity contribution in [2.45, 2.75) is 38.3 Å². The molecule has 3 rings (SSSR count). The Hall–Kier alpha value is -1.59. The molecule has 2 saturated heterocycles. The summed E-state index contributed by atoms with van der Waals surface area (Å²) in [6, 6.07) is 7.25. The van der Waals surface area contributed by atoms with Crippen molar-refractivity contribution in [3.63, 3.8) is 0 Å². The number of rotatable bonds is 2.